The predicted molar refractivity (Wildman–Crippen MR) is 78.8 cm³/mol. The van der Waals surface area contributed by atoms with Crippen LogP contribution in [0.3, 0.4) is 0 Å². The third-order valence-corrected chi connectivity index (χ3v) is 3.76. The maximum atomic E-state index is 12.3. The van der Waals surface area contributed by atoms with Crippen molar-refractivity contribution >= 4 is 6.03 Å². The van der Waals surface area contributed by atoms with Crippen molar-refractivity contribution in [3.63, 3.8) is 0 Å². The van der Waals surface area contributed by atoms with Gasteiger partial charge in [-0.15, -0.1) is 0 Å². The van der Waals surface area contributed by atoms with Gasteiger partial charge >= 0.3 is 6.03 Å². The van der Waals surface area contributed by atoms with Gasteiger partial charge in [0, 0.05) is 26.6 Å². The summed E-state index contributed by atoms with van der Waals surface area (Å²) in [6.07, 6.45) is 1.80. The standard InChI is InChI=1S/C14H25N5O2/c1-5-12(13-15-10(2)21-17-13)16-14(20)19-7-6-11(9-19)8-18(3)4/h11-12H,5-9H2,1-4H3,(H,16,20). The summed E-state index contributed by atoms with van der Waals surface area (Å²) in [5.74, 6) is 1.62. The van der Waals surface area contributed by atoms with Gasteiger partial charge in [-0.25, -0.2) is 4.79 Å². The van der Waals surface area contributed by atoms with E-state index in [2.05, 4.69) is 34.5 Å². The van der Waals surface area contributed by atoms with Crippen molar-refractivity contribution in [1.82, 2.24) is 25.3 Å². The Bertz CT molecular complexity index is 474. The number of hydrogen-bond acceptors (Lipinski definition) is 5. The maximum Gasteiger partial charge on any atom is 0.317 e. The lowest BCUT2D eigenvalue weighted by Gasteiger charge is -2.21. The topological polar surface area (TPSA) is 74.5 Å². The normalized spacial score (nSPS) is 20.0. The summed E-state index contributed by atoms with van der Waals surface area (Å²) < 4.78 is 4.98. The molecule has 1 saturated heterocycles. The molecule has 2 atom stereocenters. The number of carbonyl (C=O) groups excluding carboxylic acids is 1. The summed E-state index contributed by atoms with van der Waals surface area (Å²) in [5, 5.41) is 6.90. The van der Waals surface area contributed by atoms with Gasteiger partial charge in [0.25, 0.3) is 0 Å². The zero-order valence-corrected chi connectivity index (χ0v) is 13.3. The molecule has 2 rings (SSSR count). The van der Waals surface area contributed by atoms with Gasteiger partial charge in [0.1, 0.15) is 0 Å². The zero-order valence-electron chi connectivity index (χ0n) is 13.3. The van der Waals surface area contributed by atoms with E-state index in [0.717, 1.165) is 32.5 Å². The molecule has 1 N–H and O–H groups in total. The minimum absolute atomic E-state index is 0.0365. The Morgan fingerprint density at radius 1 is 1.57 bits per heavy atom. The molecule has 21 heavy (non-hydrogen) atoms. The summed E-state index contributed by atoms with van der Waals surface area (Å²) in [6.45, 7) is 6.38. The highest BCUT2D eigenvalue weighted by Crippen LogP contribution is 2.19. The molecule has 1 aliphatic rings. The van der Waals surface area contributed by atoms with Crippen molar-refractivity contribution in [2.45, 2.75) is 32.7 Å². The minimum atomic E-state index is -0.192. The largest absolute Gasteiger partial charge is 0.340 e. The van der Waals surface area contributed by atoms with Crippen LogP contribution in [0.15, 0.2) is 4.52 Å². The molecule has 118 valence electrons. The van der Waals surface area contributed by atoms with Gasteiger partial charge in [0.2, 0.25) is 5.89 Å². The fourth-order valence-electron chi connectivity index (χ4n) is 2.73. The summed E-state index contributed by atoms with van der Waals surface area (Å²) in [7, 11) is 4.13. The Hall–Kier alpha value is -1.63. The van der Waals surface area contributed by atoms with Crippen LogP contribution in [0.4, 0.5) is 4.79 Å². The minimum Gasteiger partial charge on any atom is -0.340 e. The number of hydrogen-bond donors (Lipinski definition) is 1. The van der Waals surface area contributed by atoms with E-state index in [-0.39, 0.29) is 12.1 Å². The number of aryl methyl sites for hydroxylation is 1. The highest BCUT2D eigenvalue weighted by atomic mass is 16.5. The van der Waals surface area contributed by atoms with Gasteiger partial charge < -0.3 is 19.6 Å². The summed E-state index contributed by atoms with van der Waals surface area (Å²) in [4.78, 5) is 20.6. The van der Waals surface area contributed by atoms with E-state index in [4.69, 9.17) is 4.52 Å². The van der Waals surface area contributed by atoms with Crippen molar-refractivity contribution in [3.8, 4) is 0 Å². The molecule has 7 nitrogen and oxygen atoms in total. The molecule has 1 fully saturated rings. The first-order chi connectivity index (χ1) is 9.99. The fourth-order valence-corrected chi connectivity index (χ4v) is 2.73. The van der Waals surface area contributed by atoms with E-state index in [1.54, 1.807) is 6.92 Å². The molecule has 7 heteroatoms. The Morgan fingerprint density at radius 3 is 2.90 bits per heavy atom. The van der Waals surface area contributed by atoms with Crippen LogP contribution in [0.25, 0.3) is 0 Å². The number of aromatic nitrogens is 2. The third kappa shape index (κ3) is 4.17. The average Bonchev–Trinajstić information content (AvgIpc) is 3.04. The third-order valence-electron chi connectivity index (χ3n) is 3.76. The number of likely N-dealkylation sites (tertiary alicyclic amines) is 1. The Kier molecular flexibility index (Phi) is 5.17. The fraction of sp³-hybridized carbons (Fsp3) is 0.786. The SMILES string of the molecule is CCC(NC(=O)N1CCC(CN(C)C)C1)c1noc(C)n1. The first-order valence-corrected chi connectivity index (χ1v) is 7.50. The van der Waals surface area contributed by atoms with E-state index < -0.39 is 0 Å². The van der Waals surface area contributed by atoms with Crippen LogP contribution in [0.2, 0.25) is 0 Å². The Balaban J connectivity index is 1.89. The number of amides is 2. The van der Waals surface area contributed by atoms with E-state index in [9.17, 15) is 4.79 Å². The molecule has 2 amide bonds. The molecule has 0 aliphatic carbocycles. The van der Waals surface area contributed by atoms with Crippen LogP contribution in [-0.4, -0.2) is 59.7 Å². The number of rotatable bonds is 5. The number of carbonyl (C=O) groups is 1. The van der Waals surface area contributed by atoms with Crippen LogP contribution in [0.5, 0.6) is 0 Å². The first kappa shape index (κ1) is 15.8. The molecule has 1 aliphatic heterocycles. The van der Waals surface area contributed by atoms with Crippen molar-refractivity contribution < 1.29 is 9.32 Å². The van der Waals surface area contributed by atoms with Crippen molar-refractivity contribution in [1.29, 1.82) is 0 Å². The van der Waals surface area contributed by atoms with E-state index in [1.807, 2.05) is 11.8 Å². The summed E-state index contributed by atoms with van der Waals surface area (Å²) in [5.41, 5.74) is 0. The maximum absolute atomic E-state index is 12.3. The van der Waals surface area contributed by atoms with E-state index >= 15 is 0 Å². The van der Waals surface area contributed by atoms with Crippen molar-refractivity contribution in [2.75, 3.05) is 33.7 Å². The molecule has 0 spiro atoms. The molecule has 0 bridgehead atoms. The molecular formula is C14H25N5O2. The quantitative estimate of drug-likeness (QED) is 0.889. The van der Waals surface area contributed by atoms with Crippen molar-refractivity contribution in [3.05, 3.63) is 11.7 Å². The molecular weight excluding hydrogens is 270 g/mol. The second-order valence-corrected chi connectivity index (χ2v) is 5.94. The lowest BCUT2D eigenvalue weighted by atomic mass is 10.1. The number of urea groups is 1. The van der Waals surface area contributed by atoms with E-state index in [0.29, 0.717) is 17.6 Å². The van der Waals surface area contributed by atoms with Gasteiger partial charge in [-0.1, -0.05) is 12.1 Å². The molecule has 0 saturated carbocycles. The molecule has 0 radical (unpaired) electrons. The smallest absolute Gasteiger partial charge is 0.317 e. The van der Waals surface area contributed by atoms with Crippen LogP contribution < -0.4 is 5.32 Å². The number of nitrogens with zero attached hydrogens (tertiary/aromatic N) is 4. The average molecular weight is 295 g/mol. The summed E-state index contributed by atoms with van der Waals surface area (Å²) in [6, 6.07) is -0.228. The second kappa shape index (κ2) is 6.89. The Morgan fingerprint density at radius 2 is 2.33 bits per heavy atom. The van der Waals surface area contributed by atoms with Crippen LogP contribution in [0, 0.1) is 12.8 Å². The molecule has 0 aromatic carbocycles. The number of nitrogens with one attached hydrogen (secondary N) is 1. The van der Waals surface area contributed by atoms with Crippen LogP contribution in [-0.2, 0) is 0 Å². The van der Waals surface area contributed by atoms with Crippen molar-refractivity contribution in [2.24, 2.45) is 5.92 Å². The molecule has 1 aromatic rings. The van der Waals surface area contributed by atoms with Gasteiger partial charge in [0.05, 0.1) is 6.04 Å². The lowest BCUT2D eigenvalue weighted by molar-refractivity contribution is 0.200. The Labute approximate surface area is 125 Å². The molecule has 2 heterocycles. The molecule has 2 unspecified atom stereocenters. The van der Waals surface area contributed by atoms with Crippen LogP contribution in [0.1, 0.15) is 37.5 Å². The first-order valence-electron chi connectivity index (χ1n) is 7.50. The van der Waals surface area contributed by atoms with E-state index in [1.165, 1.54) is 0 Å². The van der Waals surface area contributed by atoms with Gasteiger partial charge in [0.15, 0.2) is 5.82 Å². The molecule has 1 aromatic heterocycles. The highest BCUT2D eigenvalue weighted by Gasteiger charge is 2.28. The zero-order chi connectivity index (χ0) is 15.4. The van der Waals surface area contributed by atoms with Gasteiger partial charge in [-0.2, -0.15) is 4.98 Å². The monoisotopic (exact) mass is 295 g/mol. The predicted octanol–water partition coefficient (Wildman–Crippen LogP) is 1.42. The summed E-state index contributed by atoms with van der Waals surface area (Å²) >= 11 is 0. The van der Waals surface area contributed by atoms with Gasteiger partial charge in [-0.05, 0) is 32.9 Å². The second-order valence-electron chi connectivity index (χ2n) is 5.94. The lowest BCUT2D eigenvalue weighted by Crippen LogP contribution is -2.41. The highest BCUT2D eigenvalue weighted by molar-refractivity contribution is 5.74. The van der Waals surface area contributed by atoms with Crippen LogP contribution >= 0.6 is 0 Å². The van der Waals surface area contributed by atoms with Gasteiger partial charge in [-0.3, -0.25) is 0 Å².